The monoisotopic (exact) mass is 452 g/mol. The van der Waals surface area contributed by atoms with Crippen molar-refractivity contribution >= 4 is 44.4 Å². The van der Waals surface area contributed by atoms with Gasteiger partial charge in [-0.25, -0.2) is 0 Å². The average Bonchev–Trinajstić information content (AvgIpc) is 2.57. The Morgan fingerprint density at radius 1 is 0.643 bits per heavy atom. The lowest BCUT2D eigenvalue weighted by Crippen LogP contribution is -2.68. The fraction of sp³-hybridized carbons (Fsp3) is 0.368. The zero-order valence-corrected chi connectivity index (χ0v) is 21.6. The first-order valence-electron chi connectivity index (χ1n) is 9.43. The highest BCUT2D eigenvalue weighted by molar-refractivity contribution is 6.97. The lowest BCUT2D eigenvalue weighted by atomic mass is 10.4. The van der Waals surface area contributed by atoms with Crippen molar-refractivity contribution in [3.05, 3.63) is 60.7 Å². The molecule has 0 aliphatic rings. The van der Waals surface area contributed by atoms with Gasteiger partial charge in [0.2, 0.25) is 0 Å². The minimum atomic E-state index is -3.17. The first-order chi connectivity index (χ1) is 12.8. The van der Waals surface area contributed by atoms with Gasteiger partial charge in [0, 0.05) is 0 Å². The van der Waals surface area contributed by atoms with Gasteiger partial charge < -0.3 is 22.2 Å². The molecule has 154 valence electrons. The van der Waals surface area contributed by atoms with Crippen LogP contribution in [0.4, 0.5) is 0 Å². The quantitative estimate of drug-likeness (QED) is 0.572. The van der Waals surface area contributed by atoms with E-state index in [1.54, 1.807) is 26.2 Å². The van der Waals surface area contributed by atoms with E-state index in [9.17, 15) is 9.59 Å². The highest BCUT2D eigenvalue weighted by atomic mass is 28.5. The van der Waals surface area contributed by atoms with Crippen LogP contribution in [-0.4, -0.2) is 49.8 Å². The molecule has 0 amide bonds. The van der Waals surface area contributed by atoms with Crippen molar-refractivity contribution in [3.8, 4) is 0 Å². The minimum absolute atomic E-state index is 0.366. The van der Waals surface area contributed by atoms with Crippen molar-refractivity contribution in [2.45, 2.75) is 39.3 Å². The van der Waals surface area contributed by atoms with Gasteiger partial charge in [-0.05, 0) is 49.7 Å². The zero-order chi connectivity index (χ0) is 21.1. The van der Waals surface area contributed by atoms with Crippen LogP contribution in [0.2, 0.25) is 39.3 Å². The van der Waals surface area contributed by atoms with Crippen molar-refractivity contribution in [2.75, 3.05) is 6.23 Å². The molecule has 0 saturated heterocycles. The maximum Gasteiger partial charge on any atom is 0.398 e. The highest BCUT2D eigenvalue weighted by Gasteiger charge is 2.48. The Kier molecular flexibility index (Phi) is 7.40. The van der Waals surface area contributed by atoms with Crippen LogP contribution in [0.25, 0.3) is 0 Å². The van der Waals surface area contributed by atoms with Crippen LogP contribution >= 0.6 is 0 Å². The third-order valence-corrected chi connectivity index (χ3v) is 15.1. The summed E-state index contributed by atoms with van der Waals surface area (Å²) in [5, 5.41) is 1.89. The molecule has 5 nitrogen and oxygen atoms in total. The number of hydrogen-bond acceptors (Lipinski definition) is 5. The van der Waals surface area contributed by atoms with E-state index in [0.29, 0.717) is 6.23 Å². The van der Waals surface area contributed by atoms with Crippen molar-refractivity contribution < 1.29 is 22.2 Å². The molecule has 9 heteroatoms. The molecule has 0 aromatic heterocycles. The SMILES string of the molecule is C[Si](C)(O)O[Si](C)(C)CO[Si](O[Si](C)(C)O)(c1ccccc1)c1ccccc1. The molecule has 0 spiro atoms. The smallest absolute Gasteiger partial charge is 0.398 e. The summed E-state index contributed by atoms with van der Waals surface area (Å²) in [6.45, 7) is 11.1. The van der Waals surface area contributed by atoms with E-state index < -0.39 is 34.0 Å². The van der Waals surface area contributed by atoms with E-state index in [1.807, 2.05) is 73.8 Å². The predicted octanol–water partition coefficient (Wildman–Crippen LogP) is 2.43. The number of hydrogen-bond donors (Lipinski definition) is 2. The second-order valence-electron chi connectivity index (χ2n) is 8.49. The molecule has 0 fully saturated rings. The average molecular weight is 453 g/mol. The number of rotatable bonds is 9. The lowest BCUT2D eigenvalue weighted by Gasteiger charge is -2.38. The molecule has 2 N–H and O–H groups in total. The van der Waals surface area contributed by atoms with Crippen LogP contribution in [0, 0.1) is 0 Å². The van der Waals surface area contributed by atoms with E-state index in [-0.39, 0.29) is 0 Å². The van der Waals surface area contributed by atoms with Gasteiger partial charge in [0.05, 0.1) is 6.23 Å². The van der Waals surface area contributed by atoms with E-state index in [0.717, 1.165) is 10.4 Å². The number of benzene rings is 2. The predicted molar refractivity (Wildman–Crippen MR) is 123 cm³/mol. The van der Waals surface area contributed by atoms with Gasteiger partial charge in [0.1, 0.15) is 0 Å². The van der Waals surface area contributed by atoms with Crippen LogP contribution in [0.1, 0.15) is 0 Å². The summed E-state index contributed by atoms with van der Waals surface area (Å²) in [6.07, 6.45) is 0.366. The van der Waals surface area contributed by atoms with E-state index >= 15 is 0 Å². The summed E-state index contributed by atoms with van der Waals surface area (Å²) >= 11 is 0. The molecule has 2 aromatic rings. The normalized spacial score (nSPS) is 13.6. The Morgan fingerprint density at radius 3 is 1.39 bits per heavy atom. The summed E-state index contributed by atoms with van der Waals surface area (Å²) in [6, 6.07) is 19.7. The van der Waals surface area contributed by atoms with E-state index in [4.69, 9.17) is 12.7 Å². The van der Waals surface area contributed by atoms with E-state index in [1.165, 1.54) is 0 Å². The molecular weight excluding hydrogens is 421 g/mol. The van der Waals surface area contributed by atoms with Crippen LogP contribution in [0.5, 0.6) is 0 Å². The Labute approximate surface area is 172 Å². The summed E-state index contributed by atoms with van der Waals surface area (Å²) in [5.41, 5.74) is 0. The second kappa shape index (κ2) is 8.86. The van der Waals surface area contributed by atoms with Gasteiger partial charge in [0.15, 0.2) is 8.32 Å². The standard InChI is InChI=1S/C19H32O5Si4/c1-25(2,23-26(3,4)20)17-22-28(24-27(5,6)21,18-13-9-7-10-14-18)19-15-11-8-12-16-19/h7-16,20-21H,17H2,1-6H3. The third kappa shape index (κ3) is 6.86. The largest absolute Gasteiger partial charge is 0.434 e. The first-order valence-corrected chi connectivity index (χ1v) is 20.1. The Balaban J connectivity index is 2.51. The summed E-state index contributed by atoms with van der Waals surface area (Å²) in [7, 11) is -11.1. The minimum Gasteiger partial charge on any atom is -0.434 e. The summed E-state index contributed by atoms with van der Waals surface area (Å²) < 4.78 is 19.1. The zero-order valence-electron chi connectivity index (χ0n) is 17.6. The van der Waals surface area contributed by atoms with Gasteiger partial charge in [-0.3, -0.25) is 0 Å². The second-order valence-corrected chi connectivity index (χ2v) is 22.4. The van der Waals surface area contributed by atoms with Crippen molar-refractivity contribution in [2.24, 2.45) is 0 Å². The molecule has 0 aliphatic carbocycles. The van der Waals surface area contributed by atoms with E-state index in [2.05, 4.69) is 0 Å². The van der Waals surface area contributed by atoms with Crippen LogP contribution in [-0.2, 0) is 12.7 Å². The summed E-state index contributed by atoms with van der Waals surface area (Å²) in [4.78, 5) is 21.0. The van der Waals surface area contributed by atoms with Gasteiger partial charge >= 0.3 is 25.7 Å². The third-order valence-electron chi connectivity index (χ3n) is 3.85. The van der Waals surface area contributed by atoms with Crippen molar-refractivity contribution in [1.82, 2.24) is 0 Å². The molecule has 0 atom stereocenters. The molecule has 0 bridgehead atoms. The van der Waals surface area contributed by atoms with Gasteiger partial charge in [0.25, 0.3) is 0 Å². The Morgan fingerprint density at radius 2 is 1.04 bits per heavy atom. The topological polar surface area (TPSA) is 68.2 Å². The Bertz CT molecular complexity index is 703. The molecule has 0 aliphatic heterocycles. The molecule has 0 saturated carbocycles. The first kappa shape index (κ1) is 23.4. The fourth-order valence-corrected chi connectivity index (χ4v) is 16.9. The Hall–Kier alpha value is -0.892. The molecule has 0 heterocycles. The van der Waals surface area contributed by atoms with Gasteiger partial charge in [-0.1, -0.05) is 60.7 Å². The van der Waals surface area contributed by atoms with Gasteiger partial charge in [-0.15, -0.1) is 0 Å². The highest BCUT2D eigenvalue weighted by Crippen LogP contribution is 2.19. The molecule has 28 heavy (non-hydrogen) atoms. The van der Waals surface area contributed by atoms with Crippen LogP contribution in [0.15, 0.2) is 60.7 Å². The molecule has 0 unspecified atom stereocenters. The van der Waals surface area contributed by atoms with Crippen LogP contribution < -0.4 is 10.4 Å². The maximum atomic E-state index is 10.7. The fourth-order valence-electron chi connectivity index (χ4n) is 3.13. The van der Waals surface area contributed by atoms with Crippen LogP contribution in [0.3, 0.4) is 0 Å². The van der Waals surface area contributed by atoms with Crippen molar-refractivity contribution in [1.29, 1.82) is 0 Å². The van der Waals surface area contributed by atoms with Gasteiger partial charge in [-0.2, -0.15) is 0 Å². The molecule has 2 rings (SSSR count). The van der Waals surface area contributed by atoms with Crippen molar-refractivity contribution in [3.63, 3.8) is 0 Å². The molecule has 0 radical (unpaired) electrons. The lowest BCUT2D eigenvalue weighted by molar-refractivity contribution is 0.258. The molecular formula is C19H32O5Si4. The summed E-state index contributed by atoms with van der Waals surface area (Å²) in [5.74, 6) is 0. The maximum absolute atomic E-state index is 10.7. The molecule has 2 aromatic carbocycles.